The van der Waals surface area contributed by atoms with Gasteiger partial charge < -0.3 is 14.2 Å². The molecule has 0 spiro atoms. The van der Waals surface area contributed by atoms with Crippen molar-refractivity contribution >= 4 is 24.0 Å². The first-order valence-electron chi connectivity index (χ1n) is 8.72. The molecule has 0 unspecified atom stereocenters. The van der Waals surface area contributed by atoms with E-state index in [1.54, 1.807) is 54.6 Å². The first-order valence-corrected chi connectivity index (χ1v) is 8.72. The van der Waals surface area contributed by atoms with E-state index < -0.39 is 17.9 Å². The third-order valence-electron chi connectivity index (χ3n) is 3.62. The molecule has 6 nitrogen and oxygen atoms in total. The average Bonchev–Trinajstić information content (AvgIpc) is 2.74. The van der Waals surface area contributed by atoms with Gasteiger partial charge in [0.1, 0.15) is 11.5 Å². The van der Waals surface area contributed by atoms with Crippen molar-refractivity contribution < 1.29 is 28.6 Å². The topological polar surface area (TPSA) is 78.9 Å². The van der Waals surface area contributed by atoms with Crippen LogP contribution in [0.15, 0.2) is 79.9 Å². The fourth-order valence-corrected chi connectivity index (χ4v) is 2.17. The van der Waals surface area contributed by atoms with Crippen molar-refractivity contribution in [3.8, 4) is 11.5 Å². The second kappa shape index (κ2) is 11.0. The highest BCUT2D eigenvalue weighted by Gasteiger charge is 2.03. The van der Waals surface area contributed by atoms with E-state index in [1.807, 2.05) is 0 Å². The van der Waals surface area contributed by atoms with Crippen LogP contribution < -0.4 is 9.47 Å². The standard InChI is InChI=1S/C23H20O6/c1-3-21(24)27-16-15-18-7-12-20(13-8-18)29-23(26)14-9-17-5-10-19(11-6-17)28-22(25)4-2/h3-14H,1-2,15-16H2. The molecule has 0 fully saturated rings. The van der Waals surface area contributed by atoms with Crippen LogP contribution in [0.3, 0.4) is 0 Å². The van der Waals surface area contributed by atoms with Gasteiger partial charge in [0.2, 0.25) is 0 Å². The lowest BCUT2D eigenvalue weighted by Crippen LogP contribution is -2.05. The molecular weight excluding hydrogens is 372 g/mol. The van der Waals surface area contributed by atoms with Gasteiger partial charge >= 0.3 is 17.9 Å². The maximum absolute atomic E-state index is 11.9. The zero-order chi connectivity index (χ0) is 21.1. The van der Waals surface area contributed by atoms with Crippen LogP contribution in [-0.2, 0) is 25.5 Å². The van der Waals surface area contributed by atoms with Gasteiger partial charge in [-0.3, -0.25) is 0 Å². The van der Waals surface area contributed by atoms with Crippen LogP contribution in [0, 0.1) is 0 Å². The number of carbonyl (C=O) groups excluding carboxylic acids is 3. The van der Waals surface area contributed by atoms with Gasteiger partial charge in [0, 0.05) is 24.6 Å². The summed E-state index contributed by atoms with van der Waals surface area (Å²) >= 11 is 0. The van der Waals surface area contributed by atoms with Crippen LogP contribution in [0.4, 0.5) is 0 Å². The van der Waals surface area contributed by atoms with Gasteiger partial charge in [-0.1, -0.05) is 37.4 Å². The molecule has 2 rings (SSSR count). The SMILES string of the molecule is C=CC(=O)OCCc1ccc(OC(=O)C=Cc2ccc(OC(=O)C=C)cc2)cc1. The Labute approximate surface area is 168 Å². The van der Waals surface area contributed by atoms with Gasteiger partial charge in [0.15, 0.2) is 0 Å². The van der Waals surface area contributed by atoms with Gasteiger partial charge in [-0.05, 0) is 41.5 Å². The van der Waals surface area contributed by atoms with Gasteiger partial charge in [0.05, 0.1) is 6.61 Å². The molecule has 6 heteroatoms. The summed E-state index contributed by atoms with van der Waals surface area (Å²) in [6.07, 6.45) is 5.62. The molecule has 0 saturated heterocycles. The smallest absolute Gasteiger partial charge is 0.336 e. The first kappa shape index (κ1) is 21.4. The highest BCUT2D eigenvalue weighted by atomic mass is 16.5. The molecule has 0 radical (unpaired) electrons. The number of ether oxygens (including phenoxy) is 3. The number of hydrogen-bond donors (Lipinski definition) is 0. The lowest BCUT2D eigenvalue weighted by molar-refractivity contribution is -0.137. The number of hydrogen-bond acceptors (Lipinski definition) is 6. The van der Waals surface area contributed by atoms with Crippen LogP contribution >= 0.6 is 0 Å². The van der Waals surface area contributed by atoms with Gasteiger partial charge in [-0.2, -0.15) is 0 Å². The molecule has 0 atom stereocenters. The molecule has 148 valence electrons. The summed E-state index contributed by atoms with van der Waals surface area (Å²) < 4.78 is 15.1. The van der Waals surface area contributed by atoms with Gasteiger partial charge in [-0.25, -0.2) is 14.4 Å². The molecule has 2 aromatic carbocycles. The molecule has 0 aliphatic heterocycles. The van der Waals surface area contributed by atoms with E-state index in [0.29, 0.717) is 17.9 Å². The lowest BCUT2D eigenvalue weighted by atomic mass is 10.1. The number of benzene rings is 2. The largest absolute Gasteiger partial charge is 0.462 e. The van der Waals surface area contributed by atoms with Crippen LogP contribution in [0.5, 0.6) is 11.5 Å². The normalized spacial score (nSPS) is 10.2. The van der Waals surface area contributed by atoms with Gasteiger partial charge in [-0.15, -0.1) is 0 Å². The summed E-state index contributed by atoms with van der Waals surface area (Å²) in [5.74, 6) is -0.748. The molecule has 0 aliphatic carbocycles. The van der Waals surface area contributed by atoms with Crippen LogP contribution in [0.25, 0.3) is 6.08 Å². The van der Waals surface area contributed by atoms with E-state index >= 15 is 0 Å². The fourth-order valence-electron chi connectivity index (χ4n) is 2.17. The van der Waals surface area contributed by atoms with E-state index in [1.165, 1.54) is 6.08 Å². The van der Waals surface area contributed by atoms with Gasteiger partial charge in [0.25, 0.3) is 0 Å². The highest BCUT2D eigenvalue weighted by molar-refractivity contribution is 5.88. The van der Waals surface area contributed by atoms with E-state index in [2.05, 4.69) is 13.2 Å². The summed E-state index contributed by atoms with van der Waals surface area (Å²) in [4.78, 5) is 34.1. The van der Waals surface area contributed by atoms with Crippen molar-refractivity contribution in [2.45, 2.75) is 6.42 Å². The minimum atomic E-state index is -0.541. The molecule has 0 aromatic heterocycles. The number of rotatable bonds is 9. The maximum Gasteiger partial charge on any atom is 0.336 e. The molecule has 0 N–H and O–H groups in total. The van der Waals surface area contributed by atoms with Crippen LogP contribution in [0.2, 0.25) is 0 Å². The Morgan fingerprint density at radius 2 is 1.31 bits per heavy atom. The Kier molecular flexibility index (Phi) is 8.13. The summed E-state index contributed by atoms with van der Waals surface area (Å²) in [7, 11) is 0. The third-order valence-corrected chi connectivity index (χ3v) is 3.62. The summed E-state index contributed by atoms with van der Waals surface area (Å²) in [5.41, 5.74) is 1.68. The minimum absolute atomic E-state index is 0.248. The van der Waals surface area contributed by atoms with Crippen LogP contribution in [0.1, 0.15) is 11.1 Å². The first-order chi connectivity index (χ1) is 14.0. The number of esters is 3. The van der Waals surface area contributed by atoms with Crippen molar-refractivity contribution in [2.75, 3.05) is 6.61 Å². The van der Waals surface area contributed by atoms with Crippen molar-refractivity contribution in [2.24, 2.45) is 0 Å². The average molecular weight is 392 g/mol. The van der Waals surface area contributed by atoms with E-state index in [0.717, 1.165) is 23.3 Å². The lowest BCUT2D eigenvalue weighted by Gasteiger charge is -2.05. The Bertz CT molecular complexity index is 907. The fraction of sp³-hybridized carbons (Fsp3) is 0.0870. The zero-order valence-corrected chi connectivity index (χ0v) is 15.7. The molecule has 0 aliphatic rings. The summed E-state index contributed by atoms with van der Waals surface area (Å²) in [6.45, 7) is 6.90. The molecule has 0 amide bonds. The van der Waals surface area contributed by atoms with Crippen LogP contribution in [-0.4, -0.2) is 24.5 Å². The minimum Gasteiger partial charge on any atom is -0.462 e. The second-order valence-electron chi connectivity index (χ2n) is 5.71. The Hall–Kier alpha value is -3.93. The van der Waals surface area contributed by atoms with E-state index in [-0.39, 0.29) is 6.61 Å². The Morgan fingerprint density at radius 1 is 0.759 bits per heavy atom. The Morgan fingerprint density at radius 3 is 1.90 bits per heavy atom. The van der Waals surface area contributed by atoms with E-state index in [4.69, 9.17) is 14.2 Å². The Balaban J connectivity index is 1.83. The maximum atomic E-state index is 11.9. The van der Waals surface area contributed by atoms with Crippen molar-refractivity contribution in [1.29, 1.82) is 0 Å². The van der Waals surface area contributed by atoms with Crippen molar-refractivity contribution in [1.82, 2.24) is 0 Å². The molecule has 29 heavy (non-hydrogen) atoms. The quantitative estimate of drug-likeness (QED) is 0.368. The number of carbonyl (C=O) groups is 3. The third kappa shape index (κ3) is 7.68. The predicted molar refractivity (Wildman–Crippen MR) is 108 cm³/mol. The summed E-state index contributed by atoms with van der Waals surface area (Å²) in [6, 6.07) is 13.5. The molecule has 0 saturated carbocycles. The molecule has 0 bridgehead atoms. The zero-order valence-electron chi connectivity index (χ0n) is 15.7. The monoisotopic (exact) mass is 392 g/mol. The highest BCUT2D eigenvalue weighted by Crippen LogP contribution is 2.15. The molecular formula is C23H20O6. The molecule has 2 aromatic rings. The van der Waals surface area contributed by atoms with Crippen molar-refractivity contribution in [3.63, 3.8) is 0 Å². The van der Waals surface area contributed by atoms with E-state index in [9.17, 15) is 14.4 Å². The van der Waals surface area contributed by atoms with Crippen molar-refractivity contribution in [3.05, 3.63) is 91.0 Å². The molecule has 0 heterocycles. The predicted octanol–water partition coefficient (Wildman–Crippen LogP) is 3.67. The summed E-state index contributed by atoms with van der Waals surface area (Å²) in [5, 5.41) is 0. The second-order valence-corrected chi connectivity index (χ2v) is 5.71.